The maximum Gasteiger partial charge on any atom is 0.0622 e. The molecule has 1 aliphatic rings. The Morgan fingerprint density at radius 3 is 2.19 bits per heavy atom. The highest BCUT2D eigenvalue weighted by Gasteiger charge is 2.18. The first kappa shape index (κ1) is 13.2. The van der Waals surface area contributed by atoms with Crippen LogP contribution in [-0.2, 0) is 0 Å². The Morgan fingerprint density at radius 2 is 1.75 bits per heavy atom. The van der Waals surface area contributed by atoms with Gasteiger partial charge in [-0.1, -0.05) is 13.8 Å². The molecule has 1 aromatic heterocycles. The molecular weight excluding hydrogens is 198 g/mol. The standard InChI is InChI=1S/C11H19N3.C2H6/c1-9-8-14(12-10(9)2)11-4-6-13(3)7-5-11;1-2/h8,11H,4-7H2,1-3H3;1-2H3. The molecule has 1 saturated heterocycles. The summed E-state index contributed by atoms with van der Waals surface area (Å²) in [5, 5.41) is 4.56. The first-order valence-electron chi connectivity index (χ1n) is 6.37. The van der Waals surface area contributed by atoms with Crippen molar-refractivity contribution in [1.82, 2.24) is 14.7 Å². The molecule has 0 aliphatic carbocycles. The Labute approximate surface area is 99.4 Å². The molecule has 16 heavy (non-hydrogen) atoms. The minimum atomic E-state index is 0.624. The van der Waals surface area contributed by atoms with Gasteiger partial charge in [-0.05, 0) is 52.4 Å². The van der Waals surface area contributed by atoms with E-state index in [1.54, 1.807) is 0 Å². The third-order valence-corrected chi connectivity index (χ3v) is 3.22. The summed E-state index contributed by atoms with van der Waals surface area (Å²) in [6, 6.07) is 0.624. The molecule has 0 bridgehead atoms. The molecule has 0 radical (unpaired) electrons. The van der Waals surface area contributed by atoms with Gasteiger partial charge in [0.2, 0.25) is 0 Å². The number of aryl methyl sites for hydroxylation is 2. The van der Waals surface area contributed by atoms with Crippen molar-refractivity contribution < 1.29 is 0 Å². The van der Waals surface area contributed by atoms with Crippen LogP contribution < -0.4 is 0 Å². The highest BCUT2D eigenvalue weighted by Crippen LogP contribution is 2.21. The second-order valence-corrected chi connectivity index (χ2v) is 4.41. The monoisotopic (exact) mass is 223 g/mol. The lowest BCUT2D eigenvalue weighted by Gasteiger charge is -2.29. The first-order chi connectivity index (χ1) is 7.66. The van der Waals surface area contributed by atoms with Crippen LogP contribution in [0.5, 0.6) is 0 Å². The molecule has 2 heterocycles. The Morgan fingerprint density at radius 1 is 1.19 bits per heavy atom. The Balaban J connectivity index is 0.000000606. The molecule has 0 atom stereocenters. The predicted molar refractivity (Wildman–Crippen MR) is 68.8 cm³/mol. The van der Waals surface area contributed by atoms with Crippen LogP contribution in [-0.4, -0.2) is 34.8 Å². The van der Waals surface area contributed by atoms with Gasteiger partial charge in [0, 0.05) is 6.20 Å². The lowest BCUT2D eigenvalue weighted by molar-refractivity contribution is 0.212. The van der Waals surface area contributed by atoms with Crippen molar-refractivity contribution in [2.75, 3.05) is 20.1 Å². The SMILES string of the molecule is CC.Cc1cn(C2CCN(C)CC2)nc1C. The van der Waals surface area contributed by atoms with Crippen LogP contribution in [0.3, 0.4) is 0 Å². The van der Waals surface area contributed by atoms with E-state index in [-0.39, 0.29) is 0 Å². The highest BCUT2D eigenvalue weighted by atomic mass is 15.3. The zero-order valence-electron chi connectivity index (χ0n) is 11.3. The molecule has 3 nitrogen and oxygen atoms in total. The van der Waals surface area contributed by atoms with E-state index in [1.165, 1.54) is 37.2 Å². The fraction of sp³-hybridized carbons (Fsp3) is 0.769. The van der Waals surface area contributed by atoms with Gasteiger partial charge in [0.25, 0.3) is 0 Å². The lowest BCUT2D eigenvalue weighted by atomic mass is 10.1. The van der Waals surface area contributed by atoms with Gasteiger partial charge in [-0.3, -0.25) is 4.68 Å². The van der Waals surface area contributed by atoms with Crippen molar-refractivity contribution in [3.05, 3.63) is 17.5 Å². The van der Waals surface area contributed by atoms with Crippen molar-refractivity contribution >= 4 is 0 Å². The van der Waals surface area contributed by atoms with Gasteiger partial charge in [0.1, 0.15) is 0 Å². The maximum atomic E-state index is 4.56. The van der Waals surface area contributed by atoms with Crippen LogP contribution in [0.2, 0.25) is 0 Å². The molecule has 0 unspecified atom stereocenters. The molecule has 0 saturated carbocycles. The molecule has 2 rings (SSSR count). The van der Waals surface area contributed by atoms with Crippen LogP contribution in [0.15, 0.2) is 6.20 Å². The van der Waals surface area contributed by atoms with E-state index in [0.717, 1.165) is 0 Å². The van der Waals surface area contributed by atoms with E-state index in [0.29, 0.717) is 6.04 Å². The molecule has 0 N–H and O–H groups in total. The fourth-order valence-corrected chi connectivity index (χ4v) is 2.02. The zero-order chi connectivity index (χ0) is 12.1. The van der Waals surface area contributed by atoms with Gasteiger partial charge in [-0.15, -0.1) is 0 Å². The molecule has 0 amide bonds. The quantitative estimate of drug-likeness (QED) is 0.730. The topological polar surface area (TPSA) is 21.1 Å². The van der Waals surface area contributed by atoms with Gasteiger partial charge < -0.3 is 4.90 Å². The number of aromatic nitrogens is 2. The molecular formula is C13H25N3. The molecule has 0 spiro atoms. The van der Waals surface area contributed by atoms with Gasteiger partial charge in [0.15, 0.2) is 0 Å². The Kier molecular flexibility index (Phi) is 5.00. The Bertz CT molecular complexity index is 289. The minimum absolute atomic E-state index is 0.624. The van der Waals surface area contributed by atoms with Crippen LogP contribution in [0, 0.1) is 13.8 Å². The van der Waals surface area contributed by atoms with E-state index >= 15 is 0 Å². The van der Waals surface area contributed by atoms with Gasteiger partial charge >= 0.3 is 0 Å². The van der Waals surface area contributed by atoms with Gasteiger partial charge in [0.05, 0.1) is 11.7 Å². The van der Waals surface area contributed by atoms with Crippen molar-refractivity contribution in [1.29, 1.82) is 0 Å². The number of rotatable bonds is 1. The van der Waals surface area contributed by atoms with Crippen LogP contribution in [0.1, 0.15) is 44.0 Å². The molecule has 92 valence electrons. The summed E-state index contributed by atoms with van der Waals surface area (Å²) in [7, 11) is 2.19. The van der Waals surface area contributed by atoms with Crippen molar-refractivity contribution in [2.45, 2.75) is 46.6 Å². The number of piperidine rings is 1. The van der Waals surface area contributed by atoms with E-state index in [2.05, 4.69) is 41.8 Å². The van der Waals surface area contributed by atoms with Crippen molar-refractivity contribution in [3.63, 3.8) is 0 Å². The summed E-state index contributed by atoms with van der Waals surface area (Å²) in [6.45, 7) is 10.6. The molecule has 1 aromatic rings. The second-order valence-electron chi connectivity index (χ2n) is 4.41. The Hall–Kier alpha value is -0.830. The first-order valence-corrected chi connectivity index (χ1v) is 6.37. The molecule has 1 fully saturated rings. The van der Waals surface area contributed by atoms with Crippen LogP contribution in [0.4, 0.5) is 0 Å². The largest absolute Gasteiger partial charge is 0.306 e. The van der Waals surface area contributed by atoms with Crippen molar-refractivity contribution in [3.8, 4) is 0 Å². The maximum absolute atomic E-state index is 4.56. The summed E-state index contributed by atoms with van der Waals surface area (Å²) >= 11 is 0. The van der Waals surface area contributed by atoms with Gasteiger partial charge in [-0.25, -0.2) is 0 Å². The van der Waals surface area contributed by atoms with Gasteiger partial charge in [-0.2, -0.15) is 5.10 Å². The third-order valence-electron chi connectivity index (χ3n) is 3.22. The molecule has 0 aromatic carbocycles. The predicted octanol–water partition coefficient (Wildman–Crippen LogP) is 2.79. The molecule has 1 aliphatic heterocycles. The zero-order valence-corrected chi connectivity index (χ0v) is 11.3. The number of likely N-dealkylation sites (tertiary alicyclic amines) is 1. The van der Waals surface area contributed by atoms with Crippen LogP contribution >= 0.6 is 0 Å². The summed E-state index contributed by atoms with van der Waals surface area (Å²) in [5.74, 6) is 0. The normalized spacial score (nSPS) is 18.1. The van der Waals surface area contributed by atoms with E-state index < -0.39 is 0 Å². The van der Waals surface area contributed by atoms with E-state index in [9.17, 15) is 0 Å². The average molecular weight is 223 g/mol. The highest BCUT2D eigenvalue weighted by molar-refractivity contribution is 5.12. The minimum Gasteiger partial charge on any atom is -0.306 e. The van der Waals surface area contributed by atoms with E-state index in [4.69, 9.17) is 0 Å². The average Bonchev–Trinajstić information content (AvgIpc) is 2.63. The molecule has 3 heteroatoms. The number of nitrogens with zero attached hydrogens (tertiary/aromatic N) is 3. The third kappa shape index (κ3) is 3.08. The number of hydrogen-bond donors (Lipinski definition) is 0. The summed E-state index contributed by atoms with van der Waals surface area (Å²) in [4.78, 5) is 2.39. The lowest BCUT2D eigenvalue weighted by Crippen LogP contribution is -2.31. The number of hydrogen-bond acceptors (Lipinski definition) is 2. The summed E-state index contributed by atoms with van der Waals surface area (Å²) in [5.41, 5.74) is 2.48. The smallest absolute Gasteiger partial charge is 0.0622 e. The van der Waals surface area contributed by atoms with E-state index in [1.807, 2.05) is 13.8 Å². The fourth-order valence-electron chi connectivity index (χ4n) is 2.02. The summed E-state index contributed by atoms with van der Waals surface area (Å²) in [6.07, 6.45) is 4.65. The van der Waals surface area contributed by atoms with Crippen LogP contribution in [0.25, 0.3) is 0 Å². The van der Waals surface area contributed by atoms with Crippen molar-refractivity contribution in [2.24, 2.45) is 0 Å². The summed E-state index contributed by atoms with van der Waals surface area (Å²) < 4.78 is 2.16. The second kappa shape index (κ2) is 6.04.